The van der Waals surface area contributed by atoms with Gasteiger partial charge < -0.3 is 10.1 Å². The van der Waals surface area contributed by atoms with E-state index in [4.69, 9.17) is 4.74 Å². The normalized spacial score (nSPS) is 10.4. The Morgan fingerprint density at radius 1 is 1.19 bits per heavy atom. The van der Waals surface area contributed by atoms with Crippen molar-refractivity contribution in [1.29, 1.82) is 0 Å². The summed E-state index contributed by atoms with van der Waals surface area (Å²) in [6.07, 6.45) is 6.74. The van der Waals surface area contributed by atoms with Crippen molar-refractivity contribution in [2.45, 2.75) is 33.1 Å². The van der Waals surface area contributed by atoms with Crippen molar-refractivity contribution in [3.63, 3.8) is 0 Å². The second kappa shape index (κ2) is 8.05. The van der Waals surface area contributed by atoms with E-state index < -0.39 is 0 Å². The Kier molecular flexibility index (Phi) is 6.49. The number of anilines is 1. The van der Waals surface area contributed by atoms with Crippen molar-refractivity contribution < 1.29 is 4.74 Å². The number of ether oxygens (including phenoxy) is 1. The lowest BCUT2D eigenvalue weighted by Crippen LogP contribution is -2.08. The molecule has 0 spiro atoms. The predicted octanol–water partition coefficient (Wildman–Crippen LogP) is 2.40. The van der Waals surface area contributed by atoms with E-state index in [1.54, 1.807) is 12.4 Å². The van der Waals surface area contributed by atoms with Crippen LogP contribution >= 0.6 is 0 Å². The van der Waals surface area contributed by atoms with Crippen LogP contribution in [0.5, 0.6) is 0 Å². The zero-order chi connectivity index (χ0) is 11.6. The fraction of sp³-hybridized carbons (Fsp3) is 0.667. The molecule has 0 aliphatic heterocycles. The third kappa shape index (κ3) is 5.07. The molecule has 0 aliphatic rings. The third-order valence-electron chi connectivity index (χ3n) is 2.28. The van der Waals surface area contributed by atoms with Gasteiger partial charge in [0, 0.05) is 32.2 Å². The zero-order valence-corrected chi connectivity index (χ0v) is 10.2. The smallest absolute Gasteiger partial charge is 0.147 e. The number of hydrogen-bond donors (Lipinski definition) is 1. The lowest BCUT2D eigenvalue weighted by Gasteiger charge is -2.07. The number of aromatic nitrogens is 2. The molecule has 16 heavy (non-hydrogen) atoms. The van der Waals surface area contributed by atoms with Crippen LogP contribution in [0.15, 0.2) is 12.4 Å². The number of nitrogens with one attached hydrogen (secondary N) is 1. The fourth-order valence-electron chi connectivity index (χ4n) is 1.31. The van der Waals surface area contributed by atoms with Gasteiger partial charge in [-0.05, 0) is 19.8 Å². The Morgan fingerprint density at radius 3 is 2.69 bits per heavy atom. The molecule has 0 aliphatic carbocycles. The number of unbranched alkanes of at least 4 members (excludes halogenated alkanes) is 1. The highest BCUT2D eigenvalue weighted by Gasteiger charge is 1.97. The maximum atomic E-state index is 5.47. The van der Waals surface area contributed by atoms with Gasteiger partial charge in [-0.15, -0.1) is 0 Å². The first-order valence-electron chi connectivity index (χ1n) is 5.93. The highest BCUT2D eigenvalue weighted by atomic mass is 16.5. The van der Waals surface area contributed by atoms with Crippen molar-refractivity contribution in [1.82, 2.24) is 9.97 Å². The van der Waals surface area contributed by atoms with Crippen LogP contribution in [0.2, 0.25) is 0 Å². The standard InChI is InChI=1S/C12H21N3O/c1-3-4-9-16-10-5-6-14-12-11(2)13-7-8-15-12/h7-8H,3-6,9-10H2,1-2H3,(H,14,15). The minimum atomic E-state index is 0.812. The van der Waals surface area contributed by atoms with E-state index in [-0.39, 0.29) is 0 Å². The molecule has 0 saturated carbocycles. The first-order chi connectivity index (χ1) is 7.84. The van der Waals surface area contributed by atoms with Crippen LogP contribution in [0, 0.1) is 6.92 Å². The maximum Gasteiger partial charge on any atom is 0.147 e. The predicted molar refractivity (Wildman–Crippen MR) is 65.6 cm³/mol. The summed E-state index contributed by atoms with van der Waals surface area (Å²) < 4.78 is 5.47. The van der Waals surface area contributed by atoms with Crippen molar-refractivity contribution in [2.24, 2.45) is 0 Å². The lowest BCUT2D eigenvalue weighted by molar-refractivity contribution is 0.131. The zero-order valence-electron chi connectivity index (χ0n) is 10.2. The van der Waals surface area contributed by atoms with Crippen molar-refractivity contribution in [3.05, 3.63) is 18.1 Å². The molecule has 1 heterocycles. The van der Waals surface area contributed by atoms with Crippen molar-refractivity contribution in [2.75, 3.05) is 25.1 Å². The summed E-state index contributed by atoms with van der Waals surface area (Å²) in [7, 11) is 0. The van der Waals surface area contributed by atoms with E-state index >= 15 is 0 Å². The van der Waals surface area contributed by atoms with Gasteiger partial charge in [-0.1, -0.05) is 13.3 Å². The van der Waals surface area contributed by atoms with Crippen LogP contribution in [0.3, 0.4) is 0 Å². The number of aryl methyl sites for hydroxylation is 1. The molecular formula is C12H21N3O. The molecule has 0 amide bonds. The molecule has 1 aromatic heterocycles. The van der Waals surface area contributed by atoms with Gasteiger partial charge in [-0.2, -0.15) is 0 Å². The van der Waals surface area contributed by atoms with Crippen molar-refractivity contribution >= 4 is 5.82 Å². The summed E-state index contributed by atoms with van der Waals surface area (Å²) in [6, 6.07) is 0. The van der Waals surface area contributed by atoms with Gasteiger partial charge in [-0.25, -0.2) is 4.98 Å². The highest BCUT2D eigenvalue weighted by Crippen LogP contribution is 2.05. The molecule has 1 rings (SSSR count). The van der Waals surface area contributed by atoms with Gasteiger partial charge >= 0.3 is 0 Å². The molecule has 4 nitrogen and oxygen atoms in total. The molecule has 0 bridgehead atoms. The van der Waals surface area contributed by atoms with Gasteiger partial charge in [0.05, 0.1) is 5.69 Å². The minimum Gasteiger partial charge on any atom is -0.381 e. The number of nitrogens with zero attached hydrogens (tertiary/aromatic N) is 2. The van der Waals surface area contributed by atoms with Crippen LogP contribution in [0.4, 0.5) is 5.82 Å². The molecule has 0 radical (unpaired) electrons. The van der Waals surface area contributed by atoms with Gasteiger partial charge in [-0.3, -0.25) is 4.98 Å². The van der Waals surface area contributed by atoms with Gasteiger partial charge in [0.1, 0.15) is 5.82 Å². The van der Waals surface area contributed by atoms with E-state index in [0.29, 0.717) is 0 Å². The summed E-state index contributed by atoms with van der Waals surface area (Å²) in [5, 5.41) is 3.25. The molecule has 1 aromatic rings. The summed E-state index contributed by atoms with van der Waals surface area (Å²) in [4.78, 5) is 8.37. The van der Waals surface area contributed by atoms with Crippen LogP contribution in [-0.4, -0.2) is 29.7 Å². The van der Waals surface area contributed by atoms with Gasteiger partial charge in [0.25, 0.3) is 0 Å². The number of hydrogen-bond acceptors (Lipinski definition) is 4. The highest BCUT2D eigenvalue weighted by molar-refractivity contribution is 5.37. The fourth-order valence-corrected chi connectivity index (χ4v) is 1.31. The SMILES string of the molecule is CCCCOCCCNc1nccnc1C. The molecule has 1 N–H and O–H groups in total. The monoisotopic (exact) mass is 223 g/mol. The summed E-state index contributed by atoms with van der Waals surface area (Å²) in [6.45, 7) is 6.69. The van der Waals surface area contributed by atoms with E-state index in [1.807, 2.05) is 6.92 Å². The Bertz CT molecular complexity index is 291. The summed E-state index contributed by atoms with van der Waals surface area (Å²) in [5.41, 5.74) is 0.939. The summed E-state index contributed by atoms with van der Waals surface area (Å²) in [5.74, 6) is 0.871. The van der Waals surface area contributed by atoms with Crippen LogP contribution in [-0.2, 0) is 4.74 Å². The Hall–Kier alpha value is -1.16. The molecule has 0 atom stereocenters. The molecule has 0 unspecified atom stereocenters. The first-order valence-corrected chi connectivity index (χ1v) is 5.93. The molecule has 4 heteroatoms. The second-order valence-corrected chi connectivity index (χ2v) is 3.74. The first kappa shape index (κ1) is 12.9. The largest absolute Gasteiger partial charge is 0.381 e. The molecule has 0 fully saturated rings. The van der Waals surface area contributed by atoms with E-state index in [9.17, 15) is 0 Å². The minimum absolute atomic E-state index is 0.812. The third-order valence-corrected chi connectivity index (χ3v) is 2.28. The average Bonchev–Trinajstić information content (AvgIpc) is 2.30. The summed E-state index contributed by atoms with van der Waals surface area (Å²) >= 11 is 0. The molecular weight excluding hydrogens is 202 g/mol. The van der Waals surface area contributed by atoms with E-state index in [2.05, 4.69) is 22.2 Å². The Labute approximate surface area is 97.5 Å². The quantitative estimate of drug-likeness (QED) is 0.687. The van der Waals surface area contributed by atoms with Gasteiger partial charge in [0.2, 0.25) is 0 Å². The molecule has 0 aromatic carbocycles. The molecule has 0 saturated heterocycles. The van der Waals surface area contributed by atoms with Crippen LogP contribution < -0.4 is 5.32 Å². The second-order valence-electron chi connectivity index (χ2n) is 3.74. The lowest BCUT2D eigenvalue weighted by atomic mass is 10.3. The van der Waals surface area contributed by atoms with Crippen LogP contribution in [0.1, 0.15) is 31.9 Å². The van der Waals surface area contributed by atoms with Crippen molar-refractivity contribution in [3.8, 4) is 0 Å². The van der Waals surface area contributed by atoms with E-state index in [0.717, 1.165) is 44.1 Å². The van der Waals surface area contributed by atoms with Gasteiger partial charge in [0.15, 0.2) is 0 Å². The van der Waals surface area contributed by atoms with Crippen LogP contribution in [0.25, 0.3) is 0 Å². The topological polar surface area (TPSA) is 47.0 Å². The molecule has 90 valence electrons. The Balaban J connectivity index is 2.05. The maximum absolute atomic E-state index is 5.47. The average molecular weight is 223 g/mol. The Morgan fingerprint density at radius 2 is 1.94 bits per heavy atom. The number of rotatable bonds is 8. The van der Waals surface area contributed by atoms with E-state index in [1.165, 1.54) is 6.42 Å².